The molecule has 0 bridgehead atoms. The summed E-state index contributed by atoms with van der Waals surface area (Å²) in [6.45, 7) is 2.42. The summed E-state index contributed by atoms with van der Waals surface area (Å²) >= 11 is 0. The van der Waals surface area contributed by atoms with Gasteiger partial charge in [-0.25, -0.2) is 4.79 Å². The fraction of sp³-hybridized carbons (Fsp3) is 0.588. The Morgan fingerprint density at radius 2 is 1.88 bits per heavy atom. The Kier molecular flexibility index (Phi) is 6.85. The predicted molar refractivity (Wildman–Crippen MR) is 91.6 cm³/mol. The quantitative estimate of drug-likeness (QED) is 0.588. The van der Waals surface area contributed by atoms with E-state index < -0.39 is 11.6 Å². The Morgan fingerprint density at radius 3 is 2.52 bits per heavy atom. The lowest BCUT2D eigenvalue weighted by Crippen LogP contribution is -2.61. The molecule has 1 aliphatic rings. The third kappa shape index (κ3) is 5.51. The Labute approximate surface area is 147 Å². The molecular formula is C17H26N4O4. The molecule has 8 heteroatoms. The summed E-state index contributed by atoms with van der Waals surface area (Å²) < 4.78 is 5.11. The number of rotatable bonds is 7. The van der Waals surface area contributed by atoms with E-state index >= 15 is 0 Å². The van der Waals surface area contributed by atoms with Crippen molar-refractivity contribution >= 4 is 17.8 Å². The number of likely N-dealkylation sites (N-methyl/N-ethyl adjacent to an activating group) is 1. The molecule has 1 saturated carbocycles. The van der Waals surface area contributed by atoms with Crippen molar-refractivity contribution in [3.8, 4) is 0 Å². The van der Waals surface area contributed by atoms with Crippen molar-refractivity contribution in [3.63, 3.8) is 0 Å². The lowest BCUT2D eigenvalue weighted by molar-refractivity contribution is -0.134. The summed E-state index contributed by atoms with van der Waals surface area (Å²) in [7, 11) is 0. The monoisotopic (exact) mass is 350 g/mol. The molecule has 1 aromatic heterocycles. The molecule has 1 aromatic rings. The molecule has 138 valence electrons. The molecule has 0 radical (unpaired) electrons. The van der Waals surface area contributed by atoms with E-state index in [0.29, 0.717) is 25.1 Å². The van der Waals surface area contributed by atoms with Gasteiger partial charge in [0, 0.05) is 6.54 Å². The van der Waals surface area contributed by atoms with Crippen LogP contribution in [0.5, 0.6) is 0 Å². The molecule has 1 aliphatic carbocycles. The second-order valence-corrected chi connectivity index (χ2v) is 6.17. The smallest absolute Gasteiger partial charge is 0.315 e. The summed E-state index contributed by atoms with van der Waals surface area (Å²) in [6, 6.07) is 3.00. The van der Waals surface area contributed by atoms with E-state index in [-0.39, 0.29) is 24.9 Å². The number of nitrogens with one attached hydrogen (secondary N) is 4. The minimum Gasteiger partial charge on any atom is -0.467 e. The zero-order chi connectivity index (χ0) is 18.1. The van der Waals surface area contributed by atoms with Gasteiger partial charge in [-0.05, 0) is 31.9 Å². The lowest BCUT2D eigenvalue weighted by atomic mass is 9.80. The molecule has 1 fully saturated rings. The number of hydrogen-bond donors (Lipinski definition) is 4. The second-order valence-electron chi connectivity index (χ2n) is 6.17. The van der Waals surface area contributed by atoms with Crippen molar-refractivity contribution in [2.75, 3.05) is 13.1 Å². The first-order valence-electron chi connectivity index (χ1n) is 8.69. The zero-order valence-corrected chi connectivity index (χ0v) is 14.5. The largest absolute Gasteiger partial charge is 0.467 e. The van der Waals surface area contributed by atoms with Crippen LogP contribution in [-0.4, -0.2) is 36.5 Å². The minimum atomic E-state index is -0.863. The third-order valence-electron chi connectivity index (χ3n) is 4.27. The van der Waals surface area contributed by atoms with Crippen molar-refractivity contribution in [3.05, 3.63) is 24.2 Å². The maximum atomic E-state index is 12.4. The highest BCUT2D eigenvalue weighted by atomic mass is 16.3. The fourth-order valence-corrected chi connectivity index (χ4v) is 3.01. The van der Waals surface area contributed by atoms with Crippen molar-refractivity contribution in [1.29, 1.82) is 0 Å². The topological polar surface area (TPSA) is 112 Å². The Morgan fingerprint density at radius 1 is 1.12 bits per heavy atom. The molecule has 0 unspecified atom stereocenters. The molecule has 1 heterocycles. The van der Waals surface area contributed by atoms with Crippen LogP contribution in [0, 0.1) is 0 Å². The molecule has 0 aliphatic heterocycles. The summed E-state index contributed by atoms with van der Waals surface area (Å²) in [4.78, 5) is 36.3. The van der Waals surface area contributed by atoms with E-state index in [1.54, 1.807) is 12.1 Å². The molecule has 25 heavy (non-hydrogen) atoms. The first-order chi connectivity index (χ1) is 12.1. The fourth-order valence-electron chi connectivity index (χ4n) is 3.01. The van der Waals surface area contributed by atoms with Crippen LogP contribution in [0.15, 0.2) is 22.8 Å². The molecule has 0 spiro atoms. The van der Waals surface area contributed by atoms with Gasteiger partial charge in [-0.3, -0.25) is 9.59 Å². The number of urea groups is 1. The van der Waals surface area contributed by atoms with Crippen LogP contribution in [0.2, 0.25) is 0 Å². The van der Waals surface area contributed by atoms with Crippen LogP contribution < -0.4 is 21.3 Å². The first kappa shape index (κ1) is 18.8. The molecule has 4 amide bonds. The summed E-state index contributed by atoms with van der Waals surface area (Å²) in [5.74, 6) is 0.101. The number of hydrogen-bond acceptors (Lipinski definition) is 4. The van der Waals surface area contributed by atoms with Crippen LogP contribution in [0.1, 0.15) is 44.8 Å². The van der Waals surface area contributed by atoms with Gasteiger partial charge in [0.2, 0.25) is 11.8 Å². The first-order valence-corrected chi connectivity index (χ1v) is 8.69. The van der Waals surface area contributed by atoms with Crippen LogP contribution in [0.4, 0.5) is 4.79 Å². The van der Waals surface area contributed by atoms with Crippen molar-refractivity contribution < 1.29 is 18.8 Å². The Hall–Kier alpha value is -2.51. The van der Waals surface area contributed by atoms with Gasteiger partial charge in [-0.15, -0.1) is 0 Å². The van der Waals surface area contributed by atoms with E-state index in [1.807, 2.05) is 6.92 Å². The van der Waals surface area contributed by atoms with Gasteiger partial charge in [-0.1, -0.05) is 19.3 Å². The number of furan rings is 1. The molecule has 8 nitrogen and oxygen atoms in total. The highest BCUT2D eigenvalue weighted by Gasteiger charge is 2.40. The van der Waals surface area contributed by atoms with Gasteiger partial charge in [0.05, 0.1) is 19.4 Å². The van der Waals surface area contributed by atoms with Gasteiger partial charge in [0.25, 0.3) is 0 Å². The van der Waals surface area contributed by atoms with Crippen LogP contribution in [0.3, 0.4) is 0 Å². The number of carbonyl (C=O) groups is 3. The summed E-state index contributed by atoms with van der Waals surface area (Å²) in [5, 5.41) is 10.7. The average Bonchev–Trinajstić information content (AvgIpc) is 3.13. The second kappa shape index (κ2) is 9.10. The van der Waals surface area contributed by atoms with Gasteiger partial charge in [0.15, 0.2) is 0 Å². The molecule has 2 rings (SSSR count). The Bertz CT molecular complexity index is 579. The maximum absolute atomic E-state index is 12.4. The highest BCUT2D eigenvalue weighted by molar-refractivity contribution is 5.93. The zero-order valence-electron chi connectivity index (χ0n) is 14.5. The SMILES string of the molecule is CCNC(=O)C1(NC(=O)CNC(=O)NCc2ccco2)CCCCC1. The van der Waals surface area contributed by atoms with Gasteiger partial charge in [0.1, 0.15) is 11.3 Å². The van der Waals surface area contributed by atoms with E-state index in [1.165, 1.54) is 6.26 Å². The summed E-state index contributed by atoms with van der Waals surface area (Å²) in [6.07, 6.45) is 5.62. The molecule has 0 atom stereocenters. The van der Waals surface area contributed by atoms with Crippen LogP contribution in [-0.2, 0) is 16.1 Å². The van der Waals surface area contributed by atoms with Gasteiger partial charge >= 0.3 is 6.03 Å². The van der Waals surface area contributed by atoms with E-state index in [9.17, 15) is 14.4 Å². The van der Waals surface area contributed by atoms with Crippen molar-refractivity contribution in [1.82, 2.24) is 21.3 Å². The van der Waals surface area contributed by atoms with Gasteiger partial charge < -0.3 is 25.7 Å². The van der Waals surface area contributed by atoms with Crippen LogP contribution in [0.25, 0.3) is 0 Å². The third-order valence-corrected chi connectivity index (χ3v) is 4.27. The highest BCUT2D eigenvalue weighted by Crippen LogP contribution is 2.28. The van der Waals surface area contributed by atoms with E-state index in [2.05, 4.69) is 21.3 Å². The van der Waals surface area contributed by atoms with E-state index in [0.717, 1.165) is 19.3 Å². The predicted octanol–water partition coefficient (Wildman–Crippen LogP) is 1.03. The maximum Gasteiger partial charge on any atom is 0.315 e. The standard InChI is InChI=1S/C17H26N4O4/c1-2-18-15(23)17(8-4-3-5-9-17)21-14(22)12-20-16(24)19-11-13-7-6-10-25-13/h6-7,10H,2-5,8-9,11-12H2,1H3,(H,18,23)(H,21,22)(H2,19,20,24). The molecule has 0 aromatic carbocycles. The molecule has 0 saturated heterocycles. The molecule has 4 N–H and O–H groups in total. The lowest BCUT2D eigenvalue weighted by Gasteiger charge is -2.36. The minimum absolute atomic E-state index is 0.148. The van der Waals surface area contributed by atoms with E-state index in [4.69, 9.17) is 4.42 Å². The average molecular weight is 350 g/mol. The molecular weight excluding hydrogens is 324 g/mol. The summed E-state index contributed by atoms with van der Waals surface area (Å²) in [5.41, 5.74) is -0.863. The van der Waals surface area contributed by atoms with Crippen molar-refractivity contribution in [2.45, 2.75) is 51.1 Å². The van der Waals surface area contributed by atoms with Crippen LogP contribution >= 0.6 is 0 Å². The number of carbonyl (C=O) groups excluding carboxylic acids is 3. The number of amides is 4. The normalized spacial score (nSPS) is 15.9. The van der Waals surface area contributed by atoms with Gasteiger partial charge in [-0.2, -0.15) is 0 Å². The van der Waals surface area contributed by atoms with Crippen molar-refractivity contribution in [2.24, 2.45) is 0 Å². The Balaban J connectivity index is 1.80.